The number of benzene rings is 1. The van der Waals surface area contributed by atoms with Gasteiger partial charge in [0.1, 0.15) is 15.8 Å². The van der Waals surface area contributed by atoms with Crippen LogP contribution in [0.5, 0.6) is 5.75 Å². The third-order valence-electron chi connectivity index (χ3n) is 2.55. The number of rotatable bonds is 4. The highest BCUT2D eigenvalue weighted by atomic mass is 79.9. The van der Waals surface area contributed by atoms with Crippen molar-refractivity contribution in [2.75, 3.05) is 19.1 Å². The second kappa shape index (κ2) is 6.26. The molecule has 1 aromatic heterocycles. The molecule has 0 spiro atoms. The Labute approximate surface area is 131 Å². The zero-order valence-electron chi connectivity index (χ0n) is 10.3. The Morgan fingerprint density at radius 1 is 1.42 bits per heavy atom. The number of halogens is 2. The van der Waals surface area contributed by atoms with Crippen molar-refractivity contribution in [3.8, 4) is 5.75 Å². The number of methoxy groups -OCH3 is 1. The van der Waals surface area contributed by atoms with E-state index in [0.29, 0.717) is 11.6 Å². The van der Waals surface area contributed by atoms with Crippen LogP contribution in [0.2, 0.25) is 5.02 Å². The first kappa shape index (κ1) is 14.8. The third-order valence-corrected chi connectivity index (χ3v) is 6.03. The molecule has 0 aliphatic rings. The summed E-state index contributed by atoms with van der Waals surface area (Å²) in [5.74, 6) is 0.796. The van der Waals surface area contributed by atoms with Crippen LogP contribution in [0, 0.1) is 0 Å². The van der Waals surface area contributed by atoms with Gasteiger partial charge in [0.15, 0.2) is 0 Å². The molecule has 0 atom stereocenters. The maximum absolute atomic E-state index is 11.4. The van der Waals surface area contributed by atoms with E-state index < -0.39 is 0 Å². The molecule has 2 aromatic rings. The molecule has 7 heteroatoms. The molecule has 1 heterocycles. The van der Waals surface area contributed by atoms with E-state index in [9.17, 15) is 4.79 Å². The Morgan fingerprint density at radius 2 is 2.16 bits per heavy atom. The molecular weight excluding hydrogens is 370 g/mol. The molecule has 0 saturated heterocycles. The average molecular weight is 381 g/mol. The highest BCUT2D eigenvalue weighted by molar-refractivity contribution is 9.10. The summed E-state index contributed by atoms with van der Waals surface area (Å²) >= 11 is 9.44. The quantitative estimate of drug-likeness (QED) is 0.743. The molecule has 102 valence electrons. The molecule has 3 nitrogen and oxygen atoms in total. The Kier molecular flexibility index (Phi) is 4.89. The predicted octanol–water partition coefficient (Wildman–Crippen LogP) is 4.23. The molecule has 0 aliphatic carbocycles. The standard InChI is InChI=1S/C12H11BrClNO2S2/c1-15(11-10(14)12(16)19-18-11)6-7-3-4-9(17-2)8(13)5-7/h3-5H,6H2,1-2H3. The van der Waals surface area contributed by atoms with Crippen molar-refractivity contribution in [2.24, 2.45) is 0 Å². The normalized spacial score (nSPS) is 10.5. The van der Waals surface area contributed by atoms with Crippen LogP contribution in [0.3, 0.4) is 0 Å². The van der Waals surface area contributed by atoms with E-state index in [1.54, 1.807) is 7.11 Å². The maximum Gasteiger partial charge on any atom is 0.263 e. The molecule has 0 fully saturated rings. The smallest absolute Gasteiger partial charge is 0.263 e. The maximum atomic E-state index is 11.4. The minimum absolute atomic E-state index is 0.0792. The van der Waals surface area contributed by atoms with E-state index >= 15 is 0 Å². The first-order valence-electron chi connectivity index (χ1n) is 5.35. The van der Waals surface area contributed by atoms with Crippen LogP contribution in [0.15, 0.2) is 27.5 Å². The van der Waals surface area contributed by atoms with Gasteiger partial charge in [-0.3, -0.25) is 4.79 Å². The zero-order valence-corrected chi connectivity index (χ0v) is 14.3. The lowest BCUT2D eigenvalue weighted by atomic mass is 10.2. The number of hydrogen-bond donors (Lipinski definition) is 0. The Balaban J connectivity index is 2.19. The number of ether oxygens (including phenoxy) is 1. The van der Waals surface area contributed by atoms with Crippen LogP contribution in [-0.4, -0.2) is 14.2 Å². The Bertz CT molecular complexity index is 641. The first-order chi connectivity index (χ1) is 9.02. The summed E-state index contributed by atoms with van der Waals surface area (Å²) in [6.45, 7) is 0.676. The van der Waals surface area contributed by atoms with Crippen molar-refractivity contribution in [1.82, 2.24) is 0 Å². The van der Waals surface area contributed by atoms with Gasteiger partial charge in [-0.2, -0.15) is 0 Å². The van der Waals surface area contributed by atoms with Gasteiger partial charge in [0, 0.05) is 13.6 Å². The second-order valence-electron chi connectivity index (χ2n) is 3.90. The molecule has 0 bridgehead atoms. The molecule has 0 saturated carbocycles. The monoisotopic (exact) mass is 379 g/mol. The molecule has 1 aromatic carbocycles. The van der Waals surface area contributed by atoms with Crippen molar-refractivity contribution >= 4 is 53.2 Å². The van der Waals surface area contributed by atoms with E-state index in [-0.39, 0.29) is 4.74 Å². The highest BCUT2D eigenvalue weighted by Gasteiger charge is 2.13. The summed E-state index contributed by atoms with van der Waals surface area (Å²) in [5, 5.41) is 1.12. The molecule has 0 aliphatic heterocycles. The van der Waals surface area contributed by atoms with E-state index in [0.717, 1.165) is 31.1 Å². The van der Waals surface area contributed by atoms with Gasteiger partial charge in [0.25, 0.3) is 4.74 Å². The second-order valence-corrected chi connectivity index (χ2v) is 7.22. The summed E-state index contributed by atoms with van der Waals surface area (Å²) in [6.07, 6.45) is 0. The minimum atomic E-state index is -0.0792. The third kappa shape index (κ3) is 3.31. The molecular formula is C12H11BrClNO2S2. The van der Waals surface area contributed by atoms with Crippen LogP contribution in [0.4, 0.5) is 5.00 Å². The fourth-order valence-electron chi connectivity index (χ4n) is 1.62. The zero-order chi connectivity index (χ0) is 14.0. The summed E-state index contributed by atoms with van der Waals surface area (Å²) < 4.78 is 6.02. The summed E-state index contributed by atoms with van der Waals surface area (Å²) in [4.78, 5) is 13.4. The lowest BCUT2D eigenvalue weighted by molar-refractivity contribution is 0.412. The molecule has 2 rings (SSSR count). The van der Waals surface area contributed by atoms with E-state index in [1.807, 2.05) is 30.1 Å². The minimum Gasteiger partial charge on any atom is -0.496 e. The molecule has 0 radical (unpaired) electrons. The van der Waals surface area contributed by atoms with Gasteiger partial charge in [-0.05, 0) is 44.0 Å². The highest BCUT2D eigenvalue weighted by Crippen LogP contribution is 2.32. The lowest BCUT2D eigenvalue weighted by Gasteiger charge is -2.17. The Hall–Kier alpha value is -0.560. The van der Waals surface area contributed by atoms with Crippen LogP contribution in [-0.2, 0) is 6.54 Å². The lowest BCUT2D eigenvalue weighted by Crippen LogP contribution is -2.16. The van der Waals surface area contributed by atoms with Gasteiger partial charge in [0.2, 0.25) is 0 Å². The predicted molar refractivity (Wildman–Crippen MR) is 86.3 cm³/mol. The van der Waals surface area contributed by atoms with Crippen molar-refractivity contribution in [1.29, 1.82) is 0 Å². The van der Waals surface area contributed by atoms with E-state index in [1.165, 1.54) is 10.3 Å². The SMILES string of the molecule is COc1ccc(CN(C)c2ssc(=O)c2Cl)cc1Br. The van der Waals surface area contributed by atoms with Crippen molar-refractivity contribution < 1.29 is 4.74 Å². The number of anilines is 1. The van der Waals surface area contributed by atoms with Crippen molar-refractivity contribution in [3.05, 3.63) is 42.8 Å². The number of hydrogen-bond acceptors (Lipinski definition) is 5. The number of nitrogens with zero attached hydrogens (tertiary/aromatic N) is 1. The van der Waals surface area contributed by atoms with E-state index in [4.69, 9.17) is 16.3 Å². The van der Waals surface area contributed by atoms with Crippen molar-refractivity contribution in [2.45, 2.75) is 6.54 Å². The van der Waals surface area contributed by atoms with Gasteiger partial charge in [-0.25, -0.2) is 0 Å². The van der Waals surface area contributed by atoms with Crippen LogP contribution < -0.4 is 14.4 Å². The van der Waals surface area contributed by atoms with Gasteiger partial charge >= 0.3 is 0 Å². The molecule has 0 amide bonds. The summed E-state index contributed by atoms with van der Waals surface area (Å²) in [6, 6.07) is 5.90. The van der Waals surface area contributed by atoms with Gasteiger partial charge < -0.3 is 9.64 Å². The van der Waals surface area contributed by atoms with Crippen LogP contribution in [0.1, 0.15) is 5.56 Å². The van der Waals surface area contributed by atoms with Crippen molar-refractivity contribution in [3.63, 3.8) is 0 Å². The topological polar surface area (TPSA) is 29.5 Å². The average Bonchev–Trinajstić information content (AvgIpc) is 2.70. The molecule has 0 N–H and O–H groups in total. The van der Waals surface area contributed by atoms with E-state index in [2.05, 4.69) is 15.9 Å². The fourth-order valence-corrected chi connectivity index (χ4v) is 4.95. The van der Waals surface area contributed by atoms with Crippen LogP contribution >= 0.6 is 48.2 Å². The summed E-state index contributed by atoms with van der Waals surface area (Å²) in [5.41, 5.74) is 1.11. The van der Waals surface area contributed by atoms with Crippen LogP contribution in [0.25, 0.3) is 0 Å². The summed E-state index contributed by atoms with van der Waals surface area (Å²) in [7, 11) is 6.12. The first-order valence-corrected chi connectivity index (χ1v) is 8.67. The Morgan fingerprint density at radius 3 is 2.68 bits per heavy atom. The van der Waals surface area contributed by atoms with Gasteiger partial charge in [0.05, 0.1) is 11.6 Å². The molecule has 19 heavy (non-hydrogen) atoms. The fraction of sp³-hybridized carbons (Fsp3) is 0.250. The molecule has 0 unspecified atom stereocenters. The van der Waals surface area contributed by atoms with Gasteiger partial charge in [-0.15, -0.1) is 0 Å². The van der Waals surface area contributed by atoms with Gasteiger partial charge in [-0.1, -0.05) is 28.0 Å². The largest absolute Gasteiger partial charge is 0.496 e.